The Bertz CT molecular complexity index is 2590. The van der Waals surface area contributed by atoms with E-state index >= 15 is 0 Å². The Labute approximate surface area is 286 Å². The average Bonchev–Trinajstić information content (AvgIpc) is 3.51. The summed E-state index contributed by atoms with van der Waals surface area (Å²) in [7, 11) is 0. The molecule has 2 atom stereocenters. The van der Waals surface area contributed by atoms with E-state index in [9.17, 15) is 0 Å². The van der Waals surface area contributed by atoms with Crippen molar-refractivity contribution in [3.05, 3.63) is 193 Å². The van der Waals surface area contributed by atoms with Crippen LogP contribution in [0.1, 0.15) is 29.9 Å². The summed E-state index contributed by atoms with van der Waals surface area (Å²) < 4.78 is 2.40. The molecule has 10 rings (SSSR count). The van der Waals surface area contributed by atoms with E-state index in [-0.39, 0.29) is 5.92 Å². The lowest BCUT2D eigenvalue weighted by Gasteiger charge is -2.35. The Morgan fingerprint density at radius 3 is 1.84 bits per heavy atom. The molecule has 0 bridgehead atoms. The molecule has 0 N–H and O–H groups in total. The third-order valence-electron chi connectivity index (χ3n) is 10.9. The zero-order chi connectivity index (χ0) is 32.3. The van der Waals surface area contributed by atoms with Crippen LogP contribution < -0.4 is 0 Å². The van der Waals surface area contributed by atoms with E-state index in [0.29, 0.717) is 5.92 Å². The fourth-order valence-corrected chi connectivity index (χ4v) is 8.85. The Hall–Kier alpha value is -5.92. The van der Waals surface area contributed by atoms with Gasteiger partial charge in [0.1, 0.15) is 0 Å². The Morgan fingerprint density at radius 2 is 1.10 bits per heavy atom. The summed E-state index contributed by atoms with van der Waals surface area (Å²) in [5, 5.41) is 7.98. The zero-order valence-electron chi connectivity index (χ0n) is 27.3. The fraction of sp³-hybridized carbons (Fsp3) is 0.0833. The Morgan fingerprint density at radius 1 is 0.490 bits per heavy atom. The Kier molecular flexibility index (Phi) is 6.52. The van der Waals surface area contributed by atoms with E-state index in [0.717, 1.165) is 12.8 Å². The second-order valence-electron chi connectivity index (χ2n) is 13.5. The van der Waals surface area contributed by atoms with Crippen molar-refractivity contribution in [1.82, 2.24) is 4.57 Å². The minimum atomic E-state index is 0.284. The SMILES string of the molecule is C1=CC2=C(c3ccc4c(c3)c3ccccc3n4-c3ccccc3)C=CC(c3c4ccccc4c(-c4ccccc4)c4ccccc34)C2CC1. The molecule has 0 radical (unpaired) electrons. The fourth-order valence-electron chi connectivity index (χ4n) is 8.85. The summed E-state index contributed by atoms with van der Waals surface area (Å²) in [6, 6.07) is 55.7. The first-order valence-corrected chi connectivity index (χ1v) is 17.5. The molecule has 49 heavy (non-hydrogen) atoms. The molecule has 1 nitrogen and oxygen atoms in total. The molecule has 2 aliphatic rings. The standard InChI is InChI=1S/C48H35N/c1-3-15-32(16-4-1)47-39-22-9-11-24-41(39)48(42-25-12-10-23-40(42)47)43-29-28-35(36-19-7-8-20-37(36)43)33-27-30-46-44(31-33)38-21-13-14-26-45(38)49(46)34-17-5-2-6-18-34/h1-7,9-19,21-31,37,43H,8,20H2. The van der Waals surface area contributed by atoms with Crippen LogP contribution in [0.5, 0.6) is 0 Å². The molecular formula is C48H35N. The number of hydrogen-bond donors (Lipinski definition) is 0. The van der Waals surface area contributed by atoms with Gasteiger partial charge in [0.2, 0.25) is 0 Å². The maximum Gasteiger partial charge on any atom is 0.0541 e. The lowest BCUT2D eigenvalue weighted by atomic mass is 9.69. The van der Waals surface area contributed by atoms with Crippen LogP contribution in [0.3, 0.4) is 0 Å². The predicted molar refractivity (Wildman–Crippen MR) is 208 cm³/mol. The average molecular weight is 626 g/mol. The normalized spacial score (nSPS) is 17.4. The molecular weight excluding hydrogens is 591 g/mol. The highest BCUT2D eigenvalue weighted by Gasteiger charge is 2.33. The van der Waals surface area contributed by atoms with Crippen LogP contribution in [0.2, 0.25) is 0 Å². The zero-order valence-corrected chi connectivity index (χ0v) is 27.3. The van der Waals surface area contributed by atoms with Crippen molar-refractivity contribution in [2.45, 2.75) is 18.8 Å². The highest BCUT2D eigenvalue weighted by Crippen LogP contribution is 2.50. The molecule has 0 fully saturated rings. The lowest BCUT2D eigenvalue weighted by Crippen LogP contribution is -2.20. The van der Waals surface area contributed by atoms with Gasteiger partial charge in [-0.25, -0.2) is 0 Å². The van der Waals surface area contributed by atoms with Crippen molar-refractivity contribution in [1.29, 1.82) is 0 Å². The van der Waals surface area contributed by atoms with Crippen LogP contribution in [0.4, 0.5) is 0 Å². The van der Waals surface area contributed by atoms with Gasteiger partial charge in [-0.2, -0.15) is 0 Å². The highest BCUT2D eigenvalue weighted by atomic mass is 15.0. The van der Waals surface area contributed by atoms with Gasteiger partial charge in [-0.15, -0.1) is 0 Å². The maximum absolute atomic E-state index is 2.52. The molecule has 8 aromatic rings. The highest BCUT2D eigenvalue weighted by molar-refractivity contribution is 6.15. The number of aromatic nitrogens is 1. The number of allylic oxidation sites excluding steroid dienone is 6. The van der Waals surface area contributed by atoms with Crippen LogP contribution in [0, 0.1) is 5.92 Å². The first-order valence-electron chi connectivity index (χ1n) is 17.5. The molecule has 1 aromatic heterocycles. The van der Waals surface area contributed by atoms with Crippen molar-refractivity contribution in [3.8, 4) is 16.8 Å². The van der Waals surface area contributed by atoms with Gasteiger partial charge < -0.3 is 4.57 Å². The van der Waals surface area contributed by atoms with E-state index in [2.05, 4.69) is 181 Å². The van der Waals surface area contributed by atoms with Crippen molar-refractivity contribution in [2.24, 2.45) is 5.92 Å². The molecule has 0 saturated carbocycles. The monoisotopic (exact) mass is 625 g/mol. The molecule has 1 heteroatoms. The maximum atomic E-state index is 2.52. The number of hydrogen-bond acceptors (Lipinski definition) is 0. The summed E-state index contributed by atoms with van der Waals surface area (Å²) in [6.07, 6.45) is 12.0. The van der Waals surface area contributed by atoms with E-state index in [4.69, 9.17) is 0 Å². The van der Waals surface area contributed by atoms with E-state index in [1.807, 2.05) is 0 Å². The third kappa shape index (κ3) is 4.39. The first-order chi connectivity index (χ1) is 24.3. The van der Waals surface area contributed by atoms with Gasteiger partial charge in [-0.05, 0) is 104 Å². The van der Waals surface area contributed by atoms with E-state index < -0.39 is 0 Å². The number of fused-ring (bicyclic) bond motifs is 6. The summed E-state index contributed by atoms with van der Waals surface area (Å²) in [5.74, 6) is 0.688. The lowest BCUT2D eigenvalue weighted by molar-refractivity contribution is 0.513. The second kappa shape index (κ2) is 11.4. The van der Waals surface area contributed by atoms with Crippen LogP contribution in [-0.2, 0) is 0 Å². The largest absolute Gasteiger partial charge is 0.309 e. The number of para-hydroxylation sites is 2. The summed E-state index contributed by atoms with van der Waals surface area (Å²) in [5.41, 5.74) is 11.8. The molecule has 232 valence electrons. The number of rotatable bonds is 4. The molecule has 0 spiro atoms. The van der Waals surface area contributed by atoms with Crippen molar-refractivity contribution >= 4 is 48.9 Å². The number of nitrogens with zero attached hydrogens (tertiary/aromatic N) is 1. The van der Waals surface area contributed by atoms with Gasteiger partial charge in [0, 0.05) is 22.4 Å². The van der Waals surface area contributed by atoms with Gasteiger partial charge in [-0.1, -0.05) is 146 Å². The van der Waals surface area contributed by atoms with Crippen molar-refractivity contribution in [3.63, 3.8) is 0 Å². The minimum absolute atomic E-state index is 0.284. The van der Waals surface area contributed by atoms with E-state index in [1.165, 1.54) is 82.4 Å². The molecule has 2 unspecified atom stereocenters. The van der Waals surface area contributed by atoms with Gasteiger partial charge in [0.25, 0.3) is 0 Å². The topological polar surface area (TPSA) is 4.93 Å². The summed E-state index contributed by atoms with van der Waals surface area (Å²) >= 11 is 0. The molecule has 2 aliphatic carbocycles. The van der Waals surface area contributed by atoms with Crippen LogP contribution in [0.15, 0.2) is 182 Å². The molecule has 0 aliphatic heterocycles. The molecule has 0 amide bonds. The van der Waals surface area contributed by atoms with Gasteiger partial charge in [-0.3, -0.25) is 0 Å². The second-order valence-corrected chi connectivity index (χ2v) is 13.5. The molecule has 7 aromatic carbocycles. The van der Waals surface area contributed by atoms with E-state index in [1.54, 1.807) is 0 Å². The predicted octanol–water partition coefficient (Wildman–Crippen LogP) is 12.8. The summed E-state index contributed by atoms with van der Waals surface area (Å²) in [4.78, 5) is 0. The third-order valence-corrected chi connectivity index (χ3v) is 10.9. The van der Waals surface area contributed by atoms with Crippen molar-refractivity contribution in [2.75, 3.05) is 0 Å². The van der Waals surface area contributed by atoms with Gasteiger partial charge in [0.15, 0.2) is 0 Å². The summed E-state index contributed by atoms with van der Waals surface area (Å²) in [6.45, 7) is 0. The number of benzene rings is 7. The first kappa shape index (κ1) is 28.1. The van der Waals surface area contributed by atoms with Crippen LogP contribution >= 0.6 is 0 Å². The minimum Gasteiger partial charge on any atom is -0.309 e. The smallest absolute Gasteiger partial charge is 0.0541 e. The molecule has 0 saturated heterocycles. The van der Waals surface area contributed by atoms with Crippen LogP contribution in [0.25, 0.3) is 65.7 Å². The molecule has 1 heterocycles. The Balaban J connectivity index is 1.16. The van der Waals surface area contributed by atoms with Gasteiger partial charge in [0.05, 0.1) is 11.0 Å². The quantitative estimate of drug-likeness (QED) is 0.172. The van der Waals surface area contributed by atoms with Crippen molar-refractivity contribution < 1.29 is 0 Å². The van der Waals surface area contributed by atoms with Gasteiger partial charge >= 0.3 is 0 Å². The van der Waals surface area contributed by atoms with Crippen LogP contribution in [-0.4, -0.2) is 4.57 Å².